The lowest BCUT2D eigenvalue weighted by Crippen LogP contribution is -2.45. The summed E-state index contributed by atoms with van der Waals surface area (Å²) in [4.78, 5) is 9.06. The molecule has 0 radical (unpaired) electrons. The Bertz CT molecular complexity index is 278. The molecule has 0 amide bonds. The lowest BCUT2D eigenvalue weighted by molar-refractivity contribution is 0.155. The largest absolute Gasteiger partial charge is 0.304 e. The van der Waals surface area contributed by atoms with Gasteiger partial charge < -0.3 is 9.80 Å². The van der Waals surface area contributed by atoms with Crippen molar-refractivity contribution in [2.24, 2.45) is 0 Å². The molecule has 0 aromatic carbocycles. The lowest BCUT2D eigenvalue weighted by atomic mass is 10.2. The second-order valence-electron chi connectivity index (χ2n) is 4.26. The van der Waals surface area contributed by atoms with Crippen LogP contribution >= 0.6 is 0 Å². The van der Waals surface area contributed by atoms with E-state index in [1.54, 1.807) is 0 Å². The molecule has 2 rings (SSSR count). The van der Waals surface area contributed by atoms with Crippen molar-refractivity contribution in [1.29, 1.82) is 0 Å². The summed E-state index contributed by atoms with van der Waals surface area (Å²) in [6.45, 7) is 5.98. The fourth-order valence-electron chi connectivity index (χ4n) is 1.90. The van der Waals surface area contributed by atoms with Crippen molar-refractivity contribution in [3.05, 3.63) is 30.1 Å². The topological polar surface area (TPSA) is 19.4 Å². The van der Waals surface area contributed by atoms with Gasteiger partial charge in [-0.2, -0.15) is 0 Å². The lowest BCUT2D eigenvalue weighted by Gasteiger charge is -2.32. The molecule has 2 heterocycles. The number of rotatable bonds is 3. The van der Waals surface area contributed by atoms with Crippen LogP contribution in [0.5, 0.6) is 0 Å². The van der Waals surface area contributed by atoms with E-state index >= 15 is 0 Å². The second kappa shape index (κ2) is 5.24. The highest BCUT2D eigenvalue weighted by Gasteiger charge is 2.12. The van der Waals surface area contributed by atoms with Crippen LogP contribution in [0.2, 0.25) is 0 Å². The van der Waals surface area contributed by atoms with E-state index in [2.05, 4.69) is 27.9 Å². The first-order valence-corrected chi connectivity index (χ1v) is 5.64. The number of hydrogen-bond donors (Lipinski definition) is 0. The van der Waals surface area contributed by atoms with Gasteiger partial charge in [-0.3, -0.25) is 4.98 Å². The van der Waals surface area contributed by atoms with Crippen LogP contribution in [0.4, 0.5) is 0 Å². The second-order valence-corrected chi connectivity index (χ2v) is 4.26. The van der Waals surface area contributed by atoms with Crippen LogP contribution in [0.25, 0.3) is 0 Å². The first kappa shape index (κ1) is 10.6. The summed E-state index contributed by atoms with van der Waals surface area (Å²) in [6, 6.07) is 4.17. The van der Waals surface area contributed by atoms with Gasteiger partial charge in [0.05, 0.1) is 0 Å². The number of likely N-dealkylation sites (N-methyl/N-ethyl adjacent to an activating group) is 1. The van der Waals surface area contributed by atoms with E-state index in [0.717, 1.165) is 6.42 Å². The summed E-state index contributed by atoms with van der Waals surface area (Å²) in [5, 5.41) is 0. The van der Waals surface area contributed by atoms with Crippen molar-refractivity contribution in [3.8, 4) is 0 Å². The number of piperazine rings is 1. The van der Waals surface area contributed by atoms with Gasteiger partial charge in [0.1, 0.15) is 0 Å². The first-order valence-electron chi connectivity index (χ1n) is 5.64. The maximum atomic E-state index is 4.13. The molecule has 0 unspecified atom stereocenters. The molecule has 1 aromatic heterocycles. The number of hydrogen-bond acceptors (Lipinski definition) is 3. The predicted molar refractivity (Wildman–Crippen MR) is 61.9 cm³/mol. The molecule has 1 aliphatic heterocycles. The van der Waals surface area contributed by atoms with E-state index in [9.17, 15) is 0 Å². The standard InChI is InChI=1S/C12H19N3/c1-14-7-9-15(10-8-14)6-4-12-3-2-5-13-11-12/h2-3,5,11H,4,6-10H2,1H3. The van der Waals surface area contributed by atoms with Crippen LogP contribution in [-0.2, 0) is 6.42 Å². The normalized spacial score (nSPS) is 19.3. The van der Waals surface area contributed by atoms with E-state index in [0.29, 0.717) is 0 Å². The van der Waals surface area contributed by atoms with E-state index in [4.69, 9.17) is 0 Å². The zero-order chi connectivity index (χ0) is 10.5. The van der Waals surface area contributed by atoms with E-state index in [1.807, 2.05) is 18.5 Å². The minimum atomic E-state index is 1.12. The van der Waals surface area contributed by atoms with Gasteiger partial charge in [0.2, 0.25) is 0 Å². The zero-order valence-corrected chi connectivity index (χ0v) is 9.39. The van der Waals surface area contributed by atoms with Crippen molar-refractivity contribution in [2.75, 3.05) is 39.8 Å². The van der Waals surface area contributed by atoms with Crippen LogP contribution in [-0.4, -0.2) is 54.6 Å². The first-order chi connectivity index (χ1) is 7.34. The zero-order valence-electron chi connectivity index (χ0n) is 9.39. The average molecular weight is 205 g/mol. The molecular formula is C12H19N3. The Hall–Kier alpha value is -0.930. The van der Waals surface area contributed by atoms with Gasteiger partial charge in [0.25, 0.3) is 0 Å². The quantitative estimate of drug-likeness (QED) is 0.730. The monoisotopic (exact) mass is 205 g/mol. The highest BCUT2D eigenvalue weighted by atomic mass is 15.2. The average Bonchev–Trinajstić information content (AvgIpc) is 2.30. The van der Waals surface area contributed by atoms with Crippen molar-refractivity contribution in [1.82, 2.24) is 14.8 Å². The smallest absolute Gasteiger partial charge is 0.0300 e. The molecule has 0 saturated carbocycles. The third kappa shape index (κ3) is 3.29. The summed E-state index contributed by atoms with van der Waals surface area (Å²) in [5.74, 6) is 0. The molecule has 1 saturated heterocycles. The Morgan fingerprint density at radius 1 is 1.27 bits per heavy atom. The van der Waals surface area contributed by atoms with Crippen LogP contribution in [0.15, 0.2) is 24.5 Å². The fraction of sp³-hybridized carbons (Fsp3) is 0.583. The van der Waals surface area contributed by atoms with Gasteiger partial charge in [-0.05, 0) is 25.1 Å². The Kier molecular flexibility index (Phi) is 3.69. The Morgan fingerprint density at radius 3 is 2.73 bits per heavy atom. The van der Waals surface area contributed by atoms with Crippen LogP contribution < -0.4 is 0 Å². The molecule has 15 heavy (non-hydrogen) atoms. The Balaban J connectivity index is 1.74. The van der Waals surface area contributed by atoms with Gasteiger partial charge in [-0.15, -0.1) is 0 Å². The maximum absolute atomic E-state index is 4.13. The van der Waals surface area contributed by atoms with E-state index in [-0.39, 0.29) is 0 Å². The van der Waals surface area contributed by atoms with Crippen LogP contribution in [0.1, 0.15) is 5.56 Å². The predicted octanol–water partition coefficient (Wildman–Crippen LogP) is 0.871. The maximum Gasteiger partial charge on any atom is 0.0300 e. The van der Waals surface area contributed by atoms with Crippen molar-refractivity contribution < 1.29 is 0 Å². The summed E-state index contributed by atoms with van der Waals surface area (Å²) in [7, 11) is 2.19. The fourth-order valence-corrected chi connectivity index (χ4v) is 1.90. The number of nitrogens with zero attached hydrogens (tertiary/aromatic N) is 3. The SMILES string of the molecule is CN1CCN(CCc2cccnc2)CC1. The molecule has 3 heteroatoms. The van der Waals surface area contributed by atoms with Gasteiger partial charge >= 0.3 is 0 Å². The molecule has 1 fully saturated rings. The Morgan fingerprint density at radius 2 is 2.07 bits per heavy atom. The van der Waals surface area contributed by atoms with Gasteiger partial charge in [-0.1, -0.05) is 6.07 Å². The molecule has 0 N–H and O–H groups in total. The molecule has 0 bridgehead atoms. The molecular weight excluding hydrogens is 186 g/mol. The van der Waals surface area contributed by atoms with Gasteiger partial charge in [0, 0.05) is 45.1 Å². The van der Waals surface area contributed by atoms with Crippen molar-refractivity contribution in [3.63, 3.8) is 0 Å². The third-order valence-corrected chi connectivity index (χ3v) is 3.04. The highest BCUT2D eigenvalue weighted by molar-refractivity contribution is 5.08. The minimum absolute atomic E-state index is 1.12. The molecule has 0 atom stereocenters. The minimum Gasteiger partial charge on any atom is -0.304 e. The molecule has 1 aliphatic rings. The highest BCUT2D eigenvalue weighted by Crippen LogP contribution is 2.02. The van der Waals surface area contributed by atoms with Gasteiger partial charge in [-0.25, -0.2) is 0 Å². The molecule has 3 nitrogen and oxygen atoms in total. The Labute approximate surface area is 91.7 Å². The summed E-state index contributed by atoms with van der Waals surface area (Å²) < 4.78 is 0. The molecule has 82 valence electrons. The summed E-state index contributed by atoms with van der Waals surface area (Å²) in [5.41, 5.74) is 1.34. The van der Waals surface area contributed by atoms with Gasteiger partial charge in [0.15, 0.2) is 0 Å². The molecule has 0 spiro atoms. The summed E-state index contributed by atoms with van der Waals surface area (Å²) in [6.07, 6.45) is 4.92. The number of aromatic nitrogens is 1. The van der Waals surface area contributed by atoms with Crippen LogP contribution in [0.3, 0.4) is 0 Å². The van der Waals surface area contributed by atoms with Crippen molar-refractivity contribution in [2.45, 2.75) is 6.42 Å². The van der Waals surface area contributed by atoms with Crippen molar-refractivity contribution >= 4 is 0 Å². The third-order valence-electron chi connectivity index (χ3n) is 3.04. The summed E-state index contributed by atoms with van der Waals surface area (Å²) >= 11 is 0. The van der Waals surface area contributed by atoms with E-state index < -0.39 is 0 Å². The molecule has 0 aliphatic carbocycles. The molecule has 1 aromatic rings. The van der Waals surface area contributed by atoms with E-state index in [1.165, 1.54) is 38.3 Å². The number of pyridine rings is 1. The van der Waals surface area contributed by atoms with Crippen LogP contribution in [0, 0.1) is 0 Å².